The Kier molecular flexibility index (Phi) is 4.57. The first-order valence-electron chi connectivity index (χ1n) is 6.38. The van der Waals surface area contributed by atoms with Gasteiger partial charge in [0, 0.05) is 31.0 Å². The van der Waals surface area contributed by atoms with Crippen molar-refractivity contribution in [2.24, 2.45) is 17.4 Å². The van der Waals surface area contributed by atoms with E-state index in [0.717, 1.165) is 0 Å². The summed E-state index contributed by atoms with van der Waals surface area (Å²) in [5.74, 6) is 4.47. The van der Waals surface area contributed by atoms with Gasteiger partial charge in [0.1, 0.15) is 4.90 Å². The molecule has 112 valence electrons. The van der Waals surface area contributed by atoms with Crippen molar-refractivity contribution in [1.29, 1.82) is 0 Å². The molecule has 1 amide bonds. The summed E-state index contributed by atoms with van der Waals surface area (Å²) in [5, 5.41) is 0. The average Bonchev–Trinajstić information content (AvgIpc) is 2.96. The van der Waals surface area contributed by atoms with Crippen molar-refractivity contribution >= 4 is 15.9 Å². The van der Waals surface area contributed by atoms with Crippen molar-refractivity contribution in [2.75, 3.05) is 19.6 Å². The van der Waals surface area contributed by atoms with Gasteiger partial charge in [0.05, 0.1) is 12.5 Å². The molecule has 1 fully saturated rings. The molecule has 1 aromatic heterocycles. The number of nitrogens with two attached hydrogens (primary N) is 2. The lowest BCUT2D eigenvalue weighted by Gasteiger charge is -2.15. The number of hydrogen-bond donors (Lipinski definition) is 2. The molecule has 1 unspecified atom stereocenters. The summed E-state index contributed by atoms with van der Waals surface area (Å²) >= 11 is 0. The molecule has 4 N–H and O–H groups in total. The van der Waals surface area contributed by atoms with E-state index in [1.54, 1.807) is 0 Å². The van der Waals surface area contributed by atoms with Crippen LogP contribution in [0.4, 0.5) is 0 Å². The Bertz CT molecular complexity index is 706. The highest BCUT2D eigenvalue weighted by Gasteiger charge is 2.35. The number of aromatic nitrogens is 1. The van der Waals surface area contributed by atoms with Gasteiger partial charge >= 0.3 is 0 Å². The molecule has 0 bridgehead atoms. The zero-order valence-electron chi connectivity index (χ0n) is 11.3. The standard InChI is InChI=1S/C13H16N4O3S/c14-4-1-2-10-6-12(8-16-7-10)21(19,20)17-5-3-11(9-17)13(15)18/h6-8,11H,3-5,9,14H2,(H2,15,18). The maximum atomic E-state index is 12.5. The molecule has 1 atom stereocenters. The topological polar surface area (TPSA) is 119 Å². The van der Waals surface area contributed by atoms with E-state index in [4.69, 9.17) is 11.5 Å². The van der Waals surface area contributed by atoms with Crippen LogP contribution in [0, 0.1) is 17.8 Å². The predicted octanol–water partition coefficient (Wildman–Crippen LogP) is -1.11. The molecule has 0 saturated carbocycles. The van der Waals surface area contributed by atoms with Gasteiger partial charge < -0.3 is 11.5 Å². The maximum Gasteiger partial charge on any atom is 0.244 e. The largest absolute Gasteiger partial charge is 0.369 e. The molecule has 0 spiro atoms. The third-order valence-corrected chi connectivity index (χ3v) is 5.07. The number of hydrogen-bond acceptors (Lipinski definition) is 5. The third-order valence-electron chi connectivity index (χ3n) is 3.24. The number of sulfonamides is 1. The number of rotatable bonds is 3. The molecule has 0 aliphatic carbocycles. The molecule has 7 nitrogen and oxygen atoms in total. The van der Waals surface area contributed by atoms with Crippen molar-refractivity contribution in [3.05, 3.63) is 24.0 Å². The number of pyridine rings is 1. The molecular weight excluding hydrogens is 292 g/mol. The zero-order valence-corrected chi connectivity index (χ0v) is 12.1. The van der Waals surface area contributed by atoms with E-state index in [1.807, 2.05) is 0 Å². The van der Waals surface area contributed by atoms with Gasteiger partial charge in [-0.05, 0) is 12.5 Å². The van der Waals surface area contributed by atoms with Crippen LogP contribution in [0.1, 0.15) is 12.0 Å². The maximum absolute atomic E-state index is 12.5. The van der Waals surface area contributed by atoms with Gasteiger partial charge in [0.25, 0.3) is 0 Å². The van der Waals surface area contributed by atoms with Gasteiger partial charge in [-0.3, -0.25) is 9.78 Å². The molecule has 1 aromatic rings. The lowest BCUT2D eigenvalue weighted by molar-refractivity contribution is -0.121. The fourth-order valence-electron chi connectivity index (χ4n) is 2.11. The molecular formula is C13H16N4O3S. The van der Waals surface area contributed by atoms with Crippen LogP contribution in [0.2, 0.25) is 0 Å². The second kappa shape index (κ2) is 6.22. The second-order valence-electron chi connectivity index (χ2n) is 4.67. The Labute approximate surface area is 123 Å². The average molecular weight is 308 g/mol. The summed E-state index contributed by atoms with van der Waals surface area (Å²) in [6, 6.07) is 1.45. The van der Waals surface area contributed by atoms with E-state index in [0.29, 0.717) is 12.0 Å². The van der Waals surface area contributed by atoms with Crippen LogP contribution in [0.25, 0.3) is 0 Å². The highest BCUT2D eigenvalue weighted by Crippen LogP contribution is 2.24. The molecule has 1 aliphatic heterocycles. The highest BCUT2D eigenvalue weighted by molar-refractivity contribution is 7.89. The van der Waals surface area contributed by atoms with E-state index in [1.165, 1.54) is 22.8 Å². The summed E-state index contributed by atoms with van der Waals surface area (Å²) in [5.41, 5.74) is 11.0. The quantitative estimate of drug-likeness (QED) is 0.686. The van der Waals surface area contributed by atoms with E-state index < -0.39 is 21.8 Å². The van der Waals surface area contributed by atoms with Crippen molar-refractivity contribution in [2.45, 2.75) is 11.3 Å². The van der Waals surface area contributed by atoms with Crippen LogP contribution >= 0.6 is 0 Å². The molecule has 2 heterocycles. The fourth-order valence-corrected chi connectivity index (χ4v) is 3.60. The van der Waals surface area contributed by atoms with E-state index >= 15 is 0 Å². The van der Waals surface area contributed by atoms with Crippen LogP contribution < -0.4 is 11.5 Å². The van der Waals surface area contributed by atoms with Gasteiger partial charge in [-0.2, -0.15) is 4.31 Å². The number of primary amides is 1. The molecule has 0 aromatic carbocycles. The minimum Gasteiger partial charge on any atom is -0.369 e. The van der Waals surface area contributed by atoms with Gasteiger partial charge in [-0.1, -0.05) is 11.8 Å². The van der Waals surface area contributed by atoms with Gasteiger partial charge in [0.2, 0.25) is 15.9 Å². The lowest BCUT2D eigenvalue weighted by Crippen LogP contribution is -2.31. The van der Waals surface area contributed by atoms with Crippen LogP contribution in [-0.4, -0.2) is 43.2 Å². The Morgan fingerprint density at radius 3 is 2.86 bits per heavy atom. The first-order chi connectivity index (χ1) is 9.95. The first-order valence-corrected chi connectivity index (χ1v) is 7.82. The number of carbonyl (C=O) groups is 1. The number of amides is 1. The van der Waals surface area contributed by atoms with E-state index in [-0.39, 0.29) is 24.5 Å². The smallest absolute Gasteiger partial charge is 0.244 e. The summed E-state index contributed by atoms with van der Waals surface area (Å²) in [6.45, 7) is 0.564. The van der Waals surface area contributed by atoms with Crippen molar-refractivity contribution < 1.29 is 13.2 Å². The third kappa shape index (κ3) is 3.39. The van der Waals surface area contributed by atoms with Crippen molar-refractivity contribution in [3.63, 3.8) is 0 Å². The molecule has 8 heteroatoms. The van der Waals surface area contributed by atoms with Gasteiger partial charge in [0.15, 0.2) is 0 Å². The summed E-state index contributed by atoms with van der Waals surface area (Å²) in [6.07, 6.45) is 3.17. The van der Waals surface area contributed by atoms with Crippen LogP contribution in [0.3, 0.4) is 0 Å². The van der Waals surface area contributed by atoms with Crippen molar-refractivity contribution in [1.82, 2.24) is 9.29 Å². The Balaban J connectivity index is 2.26. The molecule has 21 heavy (non-hydrogen) atoms. The summed E-state index contributed by atoms with van der Waals surface area (Å²) in [7, 11) is -3.69. The summed E-state index contributed by atoms with van der Waals surface area (Å²) < 4.78 is 26.2. The van der Waals surface area contributed by atoms with E-state index in [9.17, 15) is 13.2 Å². The Morgan fingerprint density at radius 2 is 2.24 bits per heavy atom. The van der Waals surface area contributed by atoms with Crippen LogP contribution in [-0.2, 0) is 14.8 Å². The van der Waals surface area contributed by atoms with Gasteiger partial charge in [-0.25, -0.2) is 8.42 Å². The molecule has 1 aliphatic rings. The molecule has 0 radical (unpaired) electrons. The number of carbonyl (C=O) groups excluding carboxylic acids is 1. The second-order valence-corrected chi connectivity index (χ2v) is 6.60. The lowest BCUT2D eigenvalue weighted by atomic mass is 10.1. The minimum absolute atomic E-state index is 0.0523. The normalized spacial score (nSPS) is 19.0. The molecule has 2 rings (SSSR count). The fraction of sp³-hybridized carbons (Fsp3) is 0.385. The zero-order chi connectivity index (χ0) is 15.5. The monoisotopic (exact) mass is 308 g/mol. The predicted molar refractivity (Wildman–Crippen MR) is 76.2 cm³/mol. The SMILES string of the molecule is NCC#Cc1cncc(S(=O)(=O)N2CCC(C(N)=O)C2)c1. The highest BCUT2D eigenvalue weighted by atomic mass is 32.2. The minimum atomic E-state index is -3.69. The van der Waals surface area contributed by atoms with Crippen LogP contribution in [0.5, 0.6) is 0 Å². The summed E-state index contributed by atoms with van der Waals surface area (Å²) in [4.78, 5) is 15.1. The molecule has 1 saturated heterocycles. The van der Waals surface area contributed by atoms with Crippen molar-refractivity contribution in [3.8, 4) is 11.8 Å². The van der Waals surface area contributed by atoms with Gasteiger partial charge in [-0.15, -0.1) is 0 Å². The number of nitrogens with zero attached hydrogens (tertiary/aromatic N) is 2. The Hall–Kier alpha value is -1.95. The van der Waals surface area contributed by atoms with Crippen LogP contribution in [0.15, 0.2) is 23.4 Å². The van der Waals surface area contributed by atoms with E-state index in [2.05, 4.69) is 16.8 Å². The first kappa shape index (κ1) is 15.4. The Morgan fingerprint density at radius 1 is 1.48 bits per heavy atom.